The van der Waals surface area contributed by atoms with Crippen molar-refractivity contribution in [2.45, 2.75) is 20.1 Å². The summed E-state index contributed by atoms with van der Waals surface area (Å²) in [7, 11) is 0. The lowest BCUT2D eigenvalue weighted by atomic mass is 10.2. The SMILES string of the molecule is CCn1c(-c2ccncc2)nn(C[NH+]2CCOCC2)c1=S. The molecule has 0 amide bonds. The highest BCUT2D eigenvalue weighted by molar-refractivity contribution is 7.71. The zero-order valence-corrected chi connectivity index (χ0v) is 13.0. The molecule has 2 aromatic heterocycles. The van der Waals surface area contributed by atoms with E-state index in [1.807, 2.05) is 16.8 Å². The smallest absolute Gasteiger partial charge is 0.203 e. The highest BCUT2D eigenvalue weighted by Crippen LogP contribution is 2.16. The van der Waals surface area contributed by atoms with Gasteiger partial charge in [0, 0.05) is 24.5 Å². The molecule has 0 bridgehead atoms. The maximum Gasteiger partial charge on any atom is 0.203 e. The van der Waals surface area contributed by atoms with Gasteiger partial charge >= 0.3 is 0 Å². The van der Waals surface area contributed by atoms with Gasteiger partial charge in [0.2, 0.25) is 4.77 Å². The van der Waals surface area contributed by atoms with Crippen LogP contribution in [-0.2, 0) is 18.0 Å². The molecular formula is C14H20N5OS+. The summed E-state index contributed by atoms with van der Waals surface area (Å²) in [4.78, 5) is 5.52. The third kappa shape index (κ3) is 3.04. The number of pyridine rings is 1. The highest BCUT2D eigenvalue weighted by Gasteiger charge is 2.18. The quantitative estimate of drug-likeness (QED) is 0.829. The summed E-state index contributed by atoms with van der Waals surface area (Å²) in [5.74, 6) is 0.914. The Labute approximate surface area is 129 Å². The lowest BCUT2D eigenvalue weighted by molar-refractivity contribution is -0.930. The summed E-state index contributed by atoms with van der Waals surface area (Å²) in [6, 6.07) is 3.93. The molecule has 1 N–H and O–H groups in total. The first-order valence-corrected chi connectivity index (χ1v) is 7.69. The molecule has 3 rings (SSSR count). The minimum absolute atomic E-state index is 0.781. The molecule has 0 aromatic carbocycles. The summed E-state index contributed by atoms with van der Waals surface area (Å²) in [5, 5.41) is 4.73. The van der Waals surface area contributed by atoms with Crippen LogP contribution in [-0.4, -0.2) is 45.6 Å². The largest absolute Gasteiger partial charge is 0.370 e. The summed E-state index contributed by atoms with van der Waals surface area (Å²) >= 11 is 5.58. The molecule has 1 fully saturated rings. The fourth-order valence-corrected chi connectivity index (χ4v) is 2.89. The van der Waals surface area contributed by atoms with E-state index in [0.717, 1.165) is 55.7 Å². The lowest BCUT2D eigenvalue weighted by Crippen LogP contribution is -3.13. The molecule has 0 saturated carbocycles. The molecule has 0 atom stereocenters. The number of morpholine rings is 1. The normalized spacial score (nSPS) is 16.2. The first-order chi connectivity index (χ1) is 10.3. The Bertz CT molecular complexity index is 645. The fraction of sp³-hybridized carbons (Fsp3) is 0.500. The Balaban J connectivity index is 1.92. The fourth-order valence-electron chi connectivity index (χ4n) is 2.57. The molecule has 21 heavy (non-hydrogen) atoms. The second-order valence-corrected chi connectivity index (χ2v) is 5.47. The average molecular weight is 306 g/mol. The van der Waals surface area contributed by atoms with E-state index in [1.54, 1.807) is 12.4 Å². The number of rotatable bonds is 4. The molecular weight excluding hydrogens is 286 g/mol. The number of ether oxygens (including phenoxy) is 1. The molecule has 0 spiro atoms. The van der Waals surface area contributed by atoms with Gasteiger partial charge in [-0.2, -0.15) is 4.68 Å². The van der Waals surface area contributed by atoms with Gasteiger partial charge in [0.15, 0.2) is 12.5 Å². The van der Waals surface area contributed by atoms with E-state index < -0.39 is 0 Å². The maximum atomic E-state index is 5.58. The molecule has 1 saturated heterocycles. The number of hydrogen-bond acceptors (Lipinski definition) is 4. The zero-order chi connectivity index (χ0) is 14.7. The average Bonchev–Trinajstić information content (AvgIpc) is 2.85. The van der Waals surface area contributed by atoms with Gasteiger partial charge in [-0.05, 0) is 31.3 Å². The second-order valence-electron chi connectivity index (χ2n) is 5.11. The number of aromatic nitrogens is 4. The van der Waals surface area contributed by atoms with Gasteiger partial charge in [0.1, 0.15) is 13.1 Å². The lowest BCUT2D eigenvalue weighted by Gasteiger charge is -2.23. The third-order valence-corrected chi connectivity index (χ3v) is 4.18. The first kappa shape index (κ1) is 14.4. The molecule has 1 aliphatic rings. The van der Waals surface area contributed by atoms with Crippen LogP contribution in [0.5, 0.6) is 0 Å². The van der Waals surface area contributed by atoms with Crippen molar-refractivity contribution in [1.82, 2.24) is 19.3 Å². The van der Waals surface area contributed by atoms with Crippen LogP contribution in [0, 0.1) is 4.77 Å². The molecule has 1 aliphatic heterocycles. The predicted molar refractivity (Wildman–Crippen MR) is 81.5 cm³/mol. The predicted octanol–water partition coefficient (Wildman–Crippen LogP) is 0.369. The van der Waals surface area contributed by atoms with Crippen molar-refractivity contribution in [2.24, 2.45) is 0 Å². The monoisotopic (exact) mass is 306 g/mol. The standard InChI is InChI=1S/C14H19N5OS/c1-2-18-13(12-3-5-15-6-4-12)16-19(14(18)21)11-17-7-9-20-10-8-17/h3-6H,2,7-11H2,1H3/p+1. The summed E-state index contributed by atoms with van der Waals surface area (Å²) in [6.45, 7) is 7.34. The van der Waals surface area contributed by atoms with Gasteiger partial charge in [-0.1, -0.05) is 0 Å². The molecule has 0 radical (unpaired) electrons. The maximum absolute atomic E-state index is 5.58. The van der Waals surface area contributed by atoms with E-state index in [1.165, 1.54) is 4.90 Å². The number of hydrogen-bond donors (Lipinski definition) is 1. The Hall–Kier alpha value is -1.57. The topological polar surface area (TPSA) is 49.3 Å². The number of nitrogens with zero attached hydrogens (tertiary/aromatic N) is 4. The minimum atomic E-state index is 0.781. The highest BCUT2D eigenvalue weighted by atomic mass is 32.1. The molecule has 0 aliphatic carbocycles. The van der Waals surface area contributed by atoms with Gasteiger partial charge < -0.3 is 14.2 Å². The minimum Gasteiger partial charge on any atom is -0.370 e. The van der Waals surface area contributed by atoms with E-state index in [4.69, 9.17) is 22.1 Å². The van der Waals surface area contributed by atoms with E-state index in [9.17, 15) is 0 Å². The van der Waals surface area contributed by atoms with Crippen LogP contribution < -0.4 is 4.90 Å². The Morgan fingerprint density at radius 2 is 2.00 bits per heavy atom. The number of quaternary nitrogens is 1. The van der Waals surface area contributed by atoms with Crippen molar-refractivity contribution in [3.63, 3.8) is 0 Å². The van der Waals surface area contributed by atoms with Crippen molar-refractivity contribution >= 4 is 12.2 Å². The van der Waals surface area contributed by atoms with E-state index in [0.29, 0.717) is 0 Å². The second kappa shape index (κ2) is 6.46. The summed E-state index contributed by atoms with van der Waals surface area (Å²) < 4.78 is 10.2. The van der Waals surface area contributed by atoms with Crippen molar-refractivity contribution in [3.8, 4) is 11.4 Å². The molecule has 7 heteroatoms. The zero-order valence-electron chi connectivity index (χ0n) is 12.2. The molecule has 0 unspecified atom stereocenters. The van der Waals surface area contributed by atoms with Gasteiger partial charge in [0.05, 0.1) is 13.2 Å². The Morgan fingerprint density at radius 1 is 1.29 bits per heavy atom. The van der Waals surface area contributed by atoms with Gasteiger partial charge in [-0.3, -0.25) is 4.98 Å². The van der Waals surface area contributed by atoms with Crippen LogP contribution in [0.1, 0.15) is 6.92 Å². The first-order valence-electron chi connectivity index (χ1n) is 7.29. The molecule has 3 heterocycles. The van der Waals surface area contributed by atoms with Crippen molar-refractivity contribution in [2.75, 3.05) is 26.3 Å². The molecule has 2 aromatic rings. The van der Waals surface area contributed by atoms with Crippen LogP contribution in [0.4, 0.5) is 0 Å². The van der Waals surface area contributed by atoms with Crippen LogP contribution in [0.2, 0.25) is 0 Å². The third-order valence-electron chi connectivity index (χ3n) is 3.75. The molecule has 6 nitrogen and oxygen atoms in total. The van der Waals surface area contributed by atoms with Crippen molar-refractivity contribution in [3.05, 3.63) is 29.3 Å². The van der Waals surface area contributed by atoms with Crippen LogP contribution in [0.15, 0.2) is 24.5 Å². The van der Waals surface area contributed by atoms with Crippen LogP contribution in [0.3, 0.4) is 0 Å². The van der Waals surface area contributed by atoms with Gasteiger partial charge in [-0.15, -0.1) is 5.10 Å². The summed E-state index contributed by atoms with van der Waals surface area (Å²) in [6.07, 6.45) is 3.56. The van der Waals surface area contributed by atoms with Gasteiger partial charge in [-0.25, -0.2) is 0 Å². The van der Waals surface area contributed by atoms with E-state index in [2.05, 4.69) is 16.5 Å². The Kier molecular flexibility index (Phi) is 4.42. The van der Waals surface area contributed by atoms with Crippen LogP contribution in [0.25, 0.3) is 11.4 Å². The Morgan fingerprint density at radius 3 is 2.67 bits per heavy atom. The van der Waals surface area contributed by atoms with Gasteiger partial charge in [0.25, 0.3) is 0 Å². The van der Waals surface area contributed by atoms with Crippen LogP contribution >= 0.6 is 12.2 Å². The van der Waals surface area contributed by atoms with Crippen molar-refractivity contribution in [1.29, 1.82) is 0 Å². The summed E-state index contributed by atoms with van der Waals surface area (Å²) in [5.41, 5.74) is 1.05. The van der Waals surface area contributed by atoms with Crippen molar-refractivity contribution < 1.29 is 9.64 Å². The molecule has 112 valence electrons. The van der Waals surface area contributed by atoms with E-state index >= 15 is 0 Å². The van der Waals surface area contributed by atoms with E-state index in [-0.39, 0.29) is 0 Å². The number of nitrogens with one attached hydrogen (secondary N) is 1.